The summed E-state index contributed by atoms with van der Waals surface area (Å²) in [6, 6.07) is 0.372. The third kappa shape index (κ3) is 3.25. The molecule has 132 valence electrons. The number of aromatic nitrogens is 2. The first kappa shape index (κ1) is 17.5. The first-order valence-electron chi connectivity index (χ1n) is 9.02. The van der Waals surface area contributed by atoms with Crippen LogP contribution in [0.4, 0.5) is 0 Å². The Morgan fingerprint density at radius 1 is 1.33 bits per heavy atom. The largest absolute Gasteiger partial charge is 0.342 e. The smallest absolute Gasteiger partial charge is 0.257 e. The van der Waals surface area contributed by atoms with Gasteiger partial charge in [-0.05, 0) is 26.2 Å². The molecular formula is C18H27N3O2S. The lowest BCUT2D eigenvalue weighted by atomic mass is 9.93. The fourth-order valence-electron chi connectivity index (χ4n) is 3.89. The summed E-state index contributed by atoms with van der Waals surface area (Å²) in [4.78, 5) is 32.1. The van der Waals surface area contributed by atoms with E-state index in [0.29, 0.717) is 24.8 Å². The first-order chi connectivity index (χ1) is 11.5. The Balaban J connectivity index is 1.79. The predicted molar refractivity (Wildman–Crippen MR) is 96.5 cm³/mol. The predicted octanol–water partition coefficient (Wildman–Crippen LogP) is 2.63. The van der Waals surface area contributed by atoms with E-state index in [4.69, 9.17) is 0 Å². The van der Waals surface area contributed by atoms with Crippen LogP contribution in [0.5, 0.6) is 0 Å². The quantitative estimate of drug-likeness (QED) is 0.787. The first-order valence-corrected chi connectivity index (χ1v) is 10.0. The maximum atomic E-state index is 12.9. The van der Waals surface area contributed by atoms with Crippen LogP contribution in [0, 0.1) is 12.8 Å². The summed E-state index contributed by atoms with van der Waals surface area (Å²) in [6.45, 7) is 4.35. The van der Waals surface area contributed by atoms with Crippen LogP contribution in [-0.2, 0) is 17.8 Å². The van der Waals surface area contributed by atoms with Gasteiger partial charge in [-0.1, -0.05) is 37.9 Å². The van der Waals surface area contributed by atoms with Gasteiger partial charge in [-0.2, -0.15) is 0 Å². The molecule has 1 saturated carbocycles. The second kappa shape index (κ2) is 7.30. The van der Waals surface area contributed by atoms with E-state index >= 15 is 0 Å². The highest BCUT2D eigenvalue weighted by molar-refractivity contribution is 7.99. The van der Waals surface area contributed by atoms with Crippen molar-refractivity contribution in [3.63, 3.8) is 0 Å². The van der Waals surface area contributed by atoms with Crippen LogP contribution in [0.3, 0.4) is 0 Å². The molecule has 5 nitrogen and oxygen atoms in total. The van der Waals surface area contributed by atoms with Crippen molar-refractivity contribution in [3.05, 3.63) is 21.6 Å². The number of thioether (sulfide) groups is 1. The molecule has 0 bridgehead atoms. The van der Waals surface area contributed by atoms with Crippen LogP contribution >= 0.6 is 11.8 Å². The Kier molecular flexibility index (Phi) is 5.33. The standard InChI is InChI=1S/C18H27N3O2S/c1-4-15-12(2)19-18-21(17(15)23)10-13(11-24-18)16(22)20(3)14-8-6-5-7-9-14/h13-14H,4-11H2,1-3H3. The minimum absolute atomic E-state index is 0.0327. The zero-order valence-electron chi connectivity index (χ0n) is 14.9. The number of hydrogen-bond donors (Lipinski definition) is 0. The normalized spacial score (nSPS) is 21.4. The molecule has 1 unspecified atom stereocenters. The minimum atomic E-state index is -0.124. The van der Waals surface area contributed by atoms with Crippen LogP contribution in [0.25, 0.3) is 0 Å². The van der Waals surface area contributed by atoms with Gasteiger partial charge in [0.1, 0.15) is 0 Å². The van der Waals surface area contributed by atoms with E-state index in [1.54, 1.807) is 16.3 Å². The maximum Gasteiger partial charge on any atom is 0.257 e. The zero-order chi connectivity index (χ0) is 17.3. The van der Waals surface area contributed by atoms with E-state index in [-0.39, 0.29) is 17.4 Å². The molecule has 2 aliphatic rings. The highest BCUT2D eigenvalue weighted by Gasteiger charge is 2.32. The highest BCUT2D eigenvalue weighted by Crippen LogP contribution is 2.29. The van der Waals surface area contributed by atoms with Crippen LogP contribution in [-0.4, -0.2) is 39.2 Å². The lowest BCUT2D eigenvalue weighted by Crippen LogP contribution is -2.45. The molecule has 1 aliphatic carbocycles. The van der Waals surface area contributed by atoms with E-state index in [9.17, 15) is 9.59 Å². The topological polar surface area (TPSA) is 55.2 Å². The number of carbonyl (C=O) groups is 1. The number of rotatable bonds is 3. The van der Waals surface area contributed by atoms with Crippen molar-refractivity contribution in [2.75, 3.05) is 12.8 Å². The molecule has 0 radical (unpaired) electrons. The Bertz CT molecular complexity index is 680. The summed E-state index contributed by atoms with van der Waals surface area (Å²) in [5.41, 5.74) is 1.63. The van der Waals surface area contributed by atoms with Gasteiger partial charge in [0.25, 0.3) is 5.56 Å². The van der Waals surface area contributed by atoms with Crippen LogP contribution < -0.4 is 5.56 Å². The van der Waals surface area contributed by atoms with Crippen LogP contribution in [0.1, 0.15) is 50.3 Å². The second-order valence-corrected chi connectivity index (χ2v) is 7.96. The molecule has 1 aromatic heterocycles. The van der Waals surface area contributed by atoms with Gasteiger partial charge in [0, 0.05) is 36.6 Å². The molecule has 1 amide bonds. The lowest BCUT2D eigenvalue weighted by Gasteiger charge is -2.35. The number of carbonyl (C=O) groups excluding carboxylic acids is 1. The summed E-state index contributed by atoms with van der Waals surface area (Å²) < 4.78 is 1.72. The molecule has 1 aliphatic heterocycles. The molecule has 6 heteroatoms. The van der Waals surface area contributed by atoms with Gasteiger partial charge in [0.15, 0.2) is 5.16 Å². The van der Waals surface area contributed by atoms with Crippen molar-refractivity contribution in [2.45, 2.75) is 70.1 Å². The van der Waals surface area contributed by atoms with E-state index in [1.807, 2.05) is 25.8 Å². The van der Waals surface area contributed by atoms with Crippen molar-refractivity contribution in [1.29, 1.82) is 0 Å². The van der Waals surface area contributed by atoms with Crippen molar-refractivity contribution in [1.82, 2.24) is 14.5 Å². The number of hydrogen-bond acceptors (Lipinski definition) is 4. The molecular weight excluding hydrogens is 322 g/mol. The Hall–Kier alpha value is -1.30. The molecule has 0 saturated heterocycles. The molecule has 1 atom stereocenters. The average Bonchev–Trinajstić information content (AvgIpc) is 2.61. The highest BCUT2D eigenvalue weighted by atomic mass is 32.2. The third-order valence-corrected chi connectivity index (χ3v) is 6.56. The lowest BCUT2D eigenvalue weighted by molar-refractivity contribution is -0.136. The average molecular weight is 350 g/mol. The Morgan fingerprint density at radius 3 is 2.71 bits per heavy atom. The van der Waals surface area contributed by atoms with Crippen molar-refractivity contribution >= 4 is 17.7 Å². The third-order valence-electron chi connectivity index (χ3n) is 5.42. The van der Waals surface area contributed by atoms with Crippen LogP contribution in [0.2, 0.25) is 0 Å². The summed E-state index contributed by atoms with van der Waals surface area (Å²) in [6.07, 6.45) is 6.62. The van der Waals surface area contributed by atoms with Gasteiger partial charge in [-0.25, -0.2) is 4.98 Å². The molecule has 2 heterocycles. The van der Waals surface area contributed by atoms with Gasteiger partial charge < -0.3 is 4.90 Å². The minimum Gasteiger partial charge on any atom is -0.342 e. The fraction of sp³-hybridized carbons (Fsp3) is 0.722. The number of aryl methyl sites for hydroxylation is 1. The zero-order valence-corrected chi connectivity index (χ0v) is 15.7. The molecule has 0 spiro atoms. The van der Waals surface area contributed by atoms with E-state index < -0.39 is 0 Å². The van der Waals surface area contributed by atoms with E-state index in [1.165, 1.54) is 19.3 Å². The summed E-state index contributed by atoms with van der Waals surface area (Å²) in [7, 11) is 1.94. The monoisotopic (exact) mass is 349 g/mol. The van der Waals surface area contributed by atoms with Gasteiger partial charge in [-0.3, -0.25) is 14.2 Å². The van der Waals surface area contributed by atoms with E-state index in [2.05, 4.69) is 4.98 Å². The van der Waals surface area contributed by atoms with Crippen molar-refractivity contribution < 1.29 is 4.79 Å². The van der Waals surface area contributed by atoms with Gasteiger partial charge in [-0.15, -0.1) is 0 Å². The Morgan fingerprint density at radius 2 is 2.04 bits per heavy atom. The number of fused-ring (bicyclic) bond motifs is 1. The summed E-state index contributed by atoms with van der Waals surface area (Å²) in [5, 5.41) is 0.763. The number of amides is 1. The molecule has 0 N–H and O–H groups in total. The molecule has 24 heavy (non-hydrogen) atoms. The SMILES string of the molecule is CCc1c(C)nc2n(c1=O)CC(C(=O)N(C)C1CCCCC1)CS2. The Labute approximate surface area is 147 Å². The van der Waals surface area contributed by atoms with Gasteiger partial charge in [0.2, 0.25) is 5.91 Å². The summed E-state index contributed by atoms with van der Waals surface area (Å²) >= 11 is 1.54. The number of nitrogens with zero attached hydrogens (tertiary/aromatic N) is 3. The van der Waals surface area contributed by atoms with E-state index in [0.717, 1.165) is 29.3 Å². The second-order valence-electron chi connectivity index (χ2n) is 6.98. The molecule has 1 fully saturated rings. The molecule has 1 aromatic rings. The van der Waals surface area contributed by atoms with Crippen molar-refractivity contribution in [2.24, 2.45) is 5.92 Å². The van der Waals surface area contributed by atoms with Crippen molar-refractivity contribution in [3.8, 4) is 0 Å². The van der Waals surface area contributed by atoms with Crippen LogP contribution in [0.15, 0.2) is 9.95 Å². The van der Waals surface area contributed by atoms with Gasteiger partial charge in [0.05, 0.1) is 5.92 Å². The van der Waals surface area contributed by atoms with Gasteiger partial charge >= 0.3 is 0 Å². The fourth-order valence-corrected chi connectivity index (χ4v) is 5.00. The molecule has 3 rings (SSSR count). The maximum absolute atomic E-state index is 12.9. The summed E-state index contributed by atoms with van der Waals surface area (Å²) in [5.74, 6) is 0.777. The molecule has 0 aromatic carbocycles.